The molecule has 5 rings (SSSR count). The predicted octanol–water partition coefficient (Wildman–Crippen LogP) is 4.09. The highest BCUT2D eigenvalue weighted by molar-refractivity contribution is 6.31. The highest BCUT2D eigenvalue weighted by Crippen LogP contribution is 2.48. The summed E-state index contributed by atoms with van der Waals surface area (Å²) >= 11 is 6.11. The fourth-order valence-electron chi connectivity index (χ4n) is 4.18. The van der Waals surface area contributed by atoms with Crippen molar-refractivity contribution in [2.75, 3.05) is 5.32 Å². The van der Waals surface area contributed by atoms with Gasteiger partial charge in [-0.15, -0.1) is 0 Å². The molecule has 27 heavy (non-hydrogen) atoms. The maximum atomic E-state index is 13.7. The highest BCUT2D eigenvalue weighted by Gasteiger charge is 2.58. The number of alkyl halides is 3. The monoisotopic (exact) mass is 391 g/mol. The van der Waals surface area contributed by atoms with Gasteiger partial charge >= 0.3 is 6.18 Å². The van der Waals surface area contributed by atoms with E-state index in [1.54, 1.807) is 36.4 Å². The first-order valence-electron chi connectivity index (χ1n) is 8.36. The van der Waals surface area contributed by atoms with Crippen LogP contribution >= 0.6 is 11.6 Å². The lowest BCUT2D eigenvalue weighted by atomic mass is 9.79. The lowest BCUT2D eigenvalue weighted by Gasteiger charge is -2.39. The summed E-state index contributed by atoms with van der Waals surface area (Å²) in [5, 5.41) is 6.32. The smallest absolute Gasteiger partial charge is 0.356 e. The van der Waals surface area contributed by atoms with Crippen molar-refractivity contribution in [3.63, 3.8) is 0 Å². The summed E-state index contributed by atoms with van der Waals surface area (Å²) in [6, 6.07) is 9.99. The van der Waals surface area contributed by atoms with E-state index in [1.165, 1.54) is 6.07 Å². The number of anilines is 1. The molecule has 0 saturated heterocycles. The average Bonchev–Trinajstić information content (AvgIpc) is 3.12. The SMILES string of the molecule is O=C1Nc2ccc(Cl)cc2[C@@]12N[C@H](C(F)(F)F)Cc1c2[nH]c2ccccc12. The Morgan fingerprint density at radius 2 is 1.93 bits per heavy atom. The molecule has 0 fully saturated rings. The summed E-state index contributed by atoms with van der Waals surface area (Å²) in [5.74, 6) is -0.554. The molecule has 8 heteroatoms. The molecule has 0 aliphatic carbocycles. The van der Waals surface area contributed by atoms with E-state index in [1.807, 2.05) is 0 Å². The summed E-state index contributed by atoms with van der Waals surface area (Å²) in [5.41, 5.74) is 0.783. The van der Waals surface area contributed by atoms with Crippen molar-refractivity contribution in [1.29, 1.82) is 0 Å². The van der Waals surface area contributed by atoms with Crippen LogP contribution in [0.15, 0.2) is 42.5 Å². The topological polar surface area (TPSA) is 56.9 Å². The van der Waals surface area contributed by atoms with Crippen LogP contribution < -0.4 is 10.6 Å². The van der Waals surface area contributed by atoms with Crippen molar-refractivity contribution in [3.8, 4) is 0 Å². The molecule has 4 nitrogen and oxygen atoms in total. The van der Waals surface area contributed by atoms with Gasteiger partial charge in [-0.2, -0.15) is 13.2 Å². The van der Waals surface area contributed by atoms with E-state index in [-0.39, 0.29) is 6.42 Å². The van der Waals surface area contributed by atoms with Crippen molar-refractivity contribution in [2.24, 2.45) is 0 Å². The van der Waals surface area contributed by atoms with Gasteiger partial charge in [0.1, 0.15) is 6.04 Å². The number of aromatic amines is 1. The number of H-pyrrole nitrogens is 1. The number of para-hydroxylation sites is 1. The van der Waals surface area contributed by atoms with Gasteiger partial charge in [-0.1, -0.05) is 29.8 Å². The number of halogens is 4. The van der Waals surface area contributed by atoms with E-state index in [2.05, 4.69) is 15.6 Å². The molecular weight excluding hydrogens is 379 g/mol. The van der Waals surface area contributed by atoms with Gasteiger partial charge in [-0.25, -0.2) is 0 Å². The maximum Gasteiger partial charge on any atom is 0.404 e. The molecular formula is C19H13ClF3N3O. The minimum absolute atomic E-state index is 0.256. The van der Waals surface area contributed by atoms with Crippen LogP contribution in [0.1, 0.15) is 16.8 Å². The van der Waals surface area contributed by atoms with E-state index < -0.39 is 23.7 Å². The van der Waals surface area contributed by atoms with Crippen LogP contribution in [0.3, 0.4) is 0 Å². The van der Waals surface area contributed by atoms with Crippen LogP contribution in [0.5, 0.6) is 0 Å². The van der Waals surface area contributed by atoms with Crippen molar-refractivity contribution in [3.05, 3.63) is 64.3 Å². The fourth-order valence-corrected chi connectivity index (χ4v) is 4.36. The molecule has 1 amide bonds. The van der Waals surface area contributed by atoms with Gasteiger partial charge in [0, 0.05) is 27.2 Å². The van der Waals surface area contributed by atoms with Gasteiger partial charge in [-0.3, -0.25) is 10.1 Å². The molecule has 2 aliphatic rings. The lowest BCUT2D eigenvalue weighted by molar-refractivity contribution is -0.162. The molecule has 3 aromatic rings. The molecule has 138 valence electrons. The van der Waals surface area contributed by atoms with E-state index >= 15 is 0 Å². The standard InChI is InChI=1S/C19H13ClF3N3O/c20-9-5-6-14-12(7-9)18(17(27)25-14)16-11(8-15(26-18)19(21,22)23)10-3-1-2-4-13(10)24-16/h1-7,15,24,26H,8H2,(H,25,27)/t15-,18-/m0/s1. The number of amides is 1. The molecule has 2 aliphatic heterocycles. The van der Waals surface area contributed by atoms with Crippen LogP contribution in [0.4, 0.5) is 18.9 Å². The molecule has 1 spiro atoms. The van der Waals surface area contributed by atoms with Gasteiger partial charge in [-0.05, 0) is 36.2 Å². The number of carbonyl (C=O) groups excluding carboxylic acids is 1. The van der Waals surface area contributed by atoms with Crippen LogP contribution in [0, 0.1) is 0 Å². The van der Waals surface area contributed by atoms with Crippen LogP contribution in [-0.2, 0) is 16.8 Å². The van der Waals surface area contributed by atoms with Crippen molar-refractivity contribution >= 4 is 34.1 Å². The highest BCUT2D eigenvalue weighted by atomic mass is 35.5. The number of rotatable bonds is 0. The summed E-state index contributed by atoms with van der Waals surface area (Å²) in [7, 11) is 0. The second-order valence-electron chi connectivity index (χ2n) is 6.86. The zero-order valence-electron chi connectivity index (χ0n) is 13.7. The Morgan fingerprint density at radius 3 is 2.70 bits per heavy atom. The third kappa shape index (κ3) is 2.18. The average molecular weight is 392 g/mol. The number of hydrogen-bond donors (Lipinski definition) is 3. The molecule has 2 atom stereocenters. The minimum Gasteiger partial charge on any atom is -0.356 e. The largest absolute Gasteiger partial charge is 0.404 e. The molecule has 1 aromatic heterocycles. The first kappa shape index (κ1) is 16.6. The number of hydrogen-bond acceptors (Lipinski definition) is 2. The van der Waals surface area contributed by atoms with Crippen molar-refractivity contribution in [2.45, 2.75) is 24.2 Å². The van der Waals surface area contributed by atoms with Gasteiger partial charge in [0.05, 0.1) is 5.69 Å². The number of nitrogens with one attached hydrogen (secondary N) is 3. The summed E-state index contributed by atoms with van der Waals surface area (Å²) in [6.45, 7) is 0. The fraction of sp³-hybridized carbons (Fsp3) is 0.211. The Balaban J connectivity index is 1.86. The first-order valence-corrected chi connectivity index (χ1v) is 8.74. The van der Waals surface area contributed by atoms with E-state index in [4.69, 9.17) is 11.6 Å². The zero-order valence-corrected chi connectivity index (χ0v) is 14.5. The molecule has 3 N–H and O–H groups in total. The molecule has 3 heterocycles. The van der Waals surface area contributed by atoms with Gasteiger partial charge in [0.2, 0.25) is 0 Å². The van der Waals surface area contributed by atoms with Crippen molar-refractivity contribution < 1.29 is 18.0 Å². The quantitative estimate of drug-likeness (QED) is 0.540. The lowest BCUT2D eigenvalue weighted by Crippen LogP contribution is -2.61. The Bertz CT molecular complexity index is 1110. The molecule has 0 unspecified atom stereocenters. The van der Waals surface area contributed by atoms with E-state index in [0.29, 0.717) is 38.4 Å². The Labute approximate surface area is 156 Å². The summed E-state index contributed by atoms with van der Waals surface area (Å²) in [6.07, 6.45) is -4.77. The van der Waals surface area contributed by atoms with Crippen LogP contribution in [0.2, 0.25) is 5.02 Å². The van der Waals surface area contributed by atoms with Crippen LogP contribution in [-0.4, -0.2) is 23.1 Å². The Hall–Kier alpha value is -2.51. The van der Waals surface area contributed by atoms with Gasteiger partial charge in [0.15, 0.2) is 5.54 Å². The Morgan fingerprint density at radius 1 is 1.15 bits per heavy atom. The van der Waals surface area contributed by atoms with Crippen LogP contribution in [0.25, 0.3) is 10.9 Å². The second kappa shape index (κ2) is 5.27. The minimum atomic E-state index is -4.51. The number of fused-ring (bicyclic) bond motifs is 6. The Kier molecular flexibility index (Phi) is 3.25. The third-order valence-electron chi connectivity index (χ3n) is 5.36. The summed E-state index contributed by atoms with van der Waals surface area (Å²) in [4.78, 5) is 16.2. The second-order valence-corrected chi connectivity index (χ2v) is 7.30. The third-order valence-corrected chi connectivity index (χ3v) is 5.59. The van der Waals surface area contributed by atoms with E-state index in [0.717, 1.165) is 0 Å². The van der Waals surface area contributed by atoms with Crippen molar-refractivity contribution in [1.82, 2.24) is 10.3 Å². The van der Waals surface area contributed by atoms with Gasteiger partial charge in [0.25, 0.3) is 5.91 Å². The molecule has 0 radical (unpaired) electrons. The predicted molar refractivity (Wildman–Crippen MR) is 95.8 cm³/mol. The number of carbonyl (C=O) groups is 1. The summed E-state index contributed by atoms with van der Waals surface area (Å²) < 4.78 is 41.2. The first-order chi connectivity index (χ1) is 12.8. The number of aromatic nitrogens is 1. The molecule has 2 aromatic carbocycles. The molecule has 0 bridgehead atoms. The normalized spacial score (nSPS) is 24.1. The number of benzene rings is 2. The van der Waals surface area contributed by atoms with Gasteiger partial charge < -0.3 is 10.3 Å². The van der Waals surface area contributed by atoms with E-state index in [9.17, 15) is 18.0 Å². The maximum absolute atomic E-state index is 13.7. The molecule has 0 saturated carbocycles. The zero-order chi connectivity index (χ0) is 19.0.